The van der Waals surface area contributed by atoms with E-state index in [-0.39, 0.29) is 12.6 Å². The molecule has 0 saturated carbocycles. The van der Waals surface area contributed by atoms with E-state index < -0.39 is 0 Å². The van der Waals surface area contributed by atoms with Crippen LogP contribution in [0.25, 0.3) is 0 Å². The van der Waals surface area contributed by atoms with Gasteiger partial charge in [-0.2, -0.15) is 0 Å². The van der Waals surface area contributed by atoms with Gasteiger partial charge in [0.2, 0.25) is 0 Å². The van der Waals surface area contributed by atoms with Crippen LogP contribution in [-0.4, -0.2) is 17.1 Å². The smallest absolute Gasteiger partial charge is 0.0681 e. The Hall–Kier alpha value is -1.35. The van der Waals surface area contributed by atoms with E-state index in [2.05, 4.69) is 37.1 Å². The molecule has 0 heterocycles. The zero-order chi connectivity index (χ0) is 14.5. The van der Waals surface area contributed by atoms with E-state index in [4.69, 9.17) is 16.7 Å². The highest BCUT2D eigenvalue weighted by atomic mass is 35.5. The van der Waals surface area contributed by atoms with Crippen molar-refractivity contribution in [1.29, 1.82) is 0 Å². The van der Waals surface area contributed by atoms with Crippen LogP contribution in [0.5, 0.6) is 0 Å². The van der Waals surface area contributed by atoms with E-state index in [1.165, 1.54) is 5.56 Å². The monoisotopic (exact) mass is 289 g/mol. The van der Waals surface area contributed by atoms with E-state index >= 15 is 0 Å². The molecule has 2 aromatic carbocycles. The van der Waals surface area contributed by atoms with Crippen molar-refractivity contribution in [2.24, 2.45) is 0 Å². The number of benzene rings is 2. The first kappa shape index (κ1) is 15.0. The lowest BCUT2D eigenvalue weighted by Crippen LogP contribution is -2.22. The molecule has 0 aliphatic carbocycles. The molecular weight excluding hydrogens is 270 g/mol. The Morgan fingerprint density at radius 2 is 1.65 bits per heavy atom. The number of aliphatic hydroxyl groups is 1. The molecule has 0 fully saturated rings. The van der Waals surface area contributed by atoms with Gasteiger partial charge in [0.1, 0.15) is 0 Å². The molecule has 0 bridgehead atoms. The van der Waals surface area contributed by atoms with Crippen molar-refractivity contribution < 1.29 is 5.11 Å². The zero-order valence-corrected chi connectivity index (χ0v) is 12.6. The Morgan fingerprint density at radius 1 is 1.05 bits per heavy atom. The molecule has 2 aromatic rings. The summed E-state index contributed by atoms with van der Waals surface area (Å²) in [6.07, 6.45) is 0. The normalized spacial score (nSPS) is 12.7. The standard InChI is InChI=1S/C17H20ClNO/c1-13(16-5-3-4-6-17(16)18)19(2)11-14-7-9-15(12-20)10-8-14/h3-10,13,20H,11-12H2,1-2H3. The molecular formula is C17H20ClNO. The Balaban J connectivity index is 2.07. The maximum Gasteiger partial charge on any atom is 0.0681 e. The molecule has 1 N–H and O–H groups in total. The maximum absolute atomic E-state index is 9.05. The molecule has 106 valence electrons. The topological polar surface area (TPSA) is 23.5 Å². The van der Waals surface area contributed by atoms with Crippen LogP contribution < -0.4 is 0 Å². The first-order chi connectivity index (χ1) is 9.61. The second kappa shape index (κ2) is 6.89. The summed E-state index contributed by atoms with van der Waals surface area (Å²) in [5, 5.41) is 9.86. The summed E-state index contributed by atoms with van der Waals surface area (Å²) < 4.78 is 0. The summed E-state index contributed by atoms with van der Waals surface area (Å²) in [5.41, 5.74) is 3.31. The first-order valence-corrected chi connectivity index (χ1v) is 7.13. The lowest BCUT2D eigenvalue weighted by molar-refractivity contribution is 0.253. The number of rotatable bonds is 5. The predicted molar refractivity (Wildman–Crippen MR) is 83.7 cm³/mol. The third-order valence-corrected chi connectivity index (χ3v) is 4.00. The van der Waals surface area contributed by atoms with Crippen LogP contribution in [0, 0.1) is 0 Å². The SMILES string of the molecule is CC(c1ccccc1Cl)N(C)Cc1ccc(CO)cc1. The van der Waals surface area contributed by atoms with Gasteiger partial charge in [0.05, 0.1) is 6.61 Å². The van der Waals surface area contributed by atoms with Crippen molar-refractivity contribution >= 4 is 11.6 Å². The van der Waals surface area contributed by atoms with Crippen LogP contribution in [0.1, 0.15) is 29.7 Å². The van der Waals surface area contributed by atoms with Gasteiger partial charge in [-0.15, -0.1) is 0 Å². The Kier molecular flexibility index (Phi) is 5.18. The van der Waals surface area contributed by atoms with E-state index in [0.29, 0.717) is 0 Å². The van der Waals surface area contributed by atoms with Gasteiger partial charge in [-0.3, -0.25) is 4.90 Å². The van der Waals surface area contributed by atoms with Crippen LogP contribution in [-0.2, 0) is 13.2 Å². The predicted octanol–water partition coefficient (Wildman–Crippen LogP) is 4.03. The van der Waals surface area contributed by atoms with E-state index in [1.54, 1.807) is 0 Å². The molecule has 2 rings (SSSR count). The minimum absolute atomic E-state index is 0.0894. The van der Waals surface area contributed by atoms with Gasteiger partial charge in [0.15, 0.2) is 0 Å². The summed E-state index contributed by atoms with van der Waals surface area (Å²) >= 11 is 6.25. The first-order valence-electron chi connectivity index (χ1n) is 6.75. The number of nitrogens with zero attached hydrogens (tertiary/aromatic N) is 1. The highest BCUT2D eigenvalue weighted by Crippen LogP contribution is 2.27. The number of hydrogen-bond donors (Lipinski definition) is 1. The van der Waals surface area contributed by atoms with Crippen molar-refractivity contribution in [1.82, 2.24) is 4.90 Å². The molecule has 0 aliphatic rings. The molecule has 0 radical (unpaired) electrons. The number of aliphatic hydroxyl groups excluding tert-OH is 1. The molecule has 0 spiro atoms. The van der Waals surface area contributed by atoms with Crippen molar-refractivity contribution in [3.8, 4) is 0 Å². The van der Waals surface area contributed by atoms with Gasteiger partial charge in [0.25, 0.3) is 0 Å². The van der Waals surface area contributed by atoms with Crippen LogP contribution in [0.15, 0.2) is 48.5 Å². The summed E-state index contributed by atoms with van der Waals surface area (Å²) in [4.78, 5) is 2.26. The Bertz CT molecular complexity index is 553. The molecule has 20 heavy (non-hydrogen) atoms. The molecule has 2 nitrogen and oxygen atoms in total. The van der Waals surface area contributed by atoms with Crippen molar-refractivity contribution in [2.45, 2.75) is 26.1 Å². The van der Waals surface area contributed by atoms with Crippen LogP contribution in [0.3, 0.4) is 0 Å². The maximum atomic E-state index is 9.05. The zero-order valence-electron chi connectivity index (χ0n) is 11.9. The lowest BCUT2D eigenvalue weighted by atomic mass is 10.1. The lowest BCUT2D eigenvalue weighted by Gasteiger charge is -2.26. The van der Waals surface area contributed by atoms with Gasteiger partial charge in [-0.1, -0.05) is 54.1 Å². The molecule has 0 aliphatic heterocycles. The third-order valence-electron chi connectivity index (χ3n) is 3.65. The summed E-state index contributed by atoms with van der Waals surface area (Å²) in [7, 11) is 2.09. The van der Waals surface area contributed by atoms with Gasteiger partial charge >= 0.3 is 0 Å². The fraction of sp³-hybridized carbons (Fsp3) is 0.294. The van der Waals surface area contributed by atoms with Crippen LogP contribution >= 0.6 is 11.6 Å². The molecule has 0 aromatic heterocycles. The van der Waals surface area contributed by atoms with Crippen LogP contribution in [0.4, 0.5) is 0 Å². The highest BCUT2D eigenvalue weighted by Gasteiger charge is 2.14. The fourth-order valence-electron chi connectivity index (χ4n) is 2.23. The van der Waals surface area contributed by atoms with E-state index in [0.717, 1.165) is 22.7 Å². The minimum Gasteiger partial charge on any atom is -0.392 e. The average Bonchev–Trinajstić information content (AvgIpc) is 2.48. The van der Waals surface area contributed by atoms with Crippen molar-refractivity contribution in [2.75, 3.05) is 7.05 Å². The number of hydrogen-bond acceptors (Lipinski definition) is 2. The van der Waals surface area contributed by atoms with Crippen molar-refractivity contribution in [3.05, 3.63) is 70.2 Å². The van der Waals surface area contributed by atoms with Gasteiger partial charge in [-0.25, -0.2) is 0 Å². The molecule has 0 saturated heterocycles. The van der Waals surface area contributed by atoms with E-state index in [9.17, 15) is 0 Å². The molecule has 0 amide bonds. The largest absolute Gasteiger partial charge is 0.392 e. The van der Waals surface area contributed by atoms with Gasteiger partial charge < -0.3 is 5.11 Å². The third kappa shape index (κ3) is 3.60. The Morgan fingerprint density at radius 3 is 2.25 bits per heavy atom. The van der Waals surface area contributed by atoms with Gasteiger partial charge in [-0.05, 0) is 36.7 Å². The molecule has 3 heteroatoms. The number of halogens is 1. The van der Waals surface area contributed by atoms with Gasteiger partial charge in [0, 0.05) is 17.6 Å². The van der Waals surface area contributed by atoms with Crippen LogP contribution in [0.2, 0.25) is 5.02 Å². The minimum atomic E-state index is 0.0894. The molecule has 1 atom stereocenters. The summed E-state index contributed by atoms with van der Waals surface area (Å²) in [5.74, 6) is 0. The van der Waals surface area contributed by atoms with E-state index in [1.807, 2.05) is 30.3 Å². The highest BCUT2D eigenvalue weighted by molar-refractivity contribution is 6.31. The fourth-order valence-corrected chi connectivity index (χ4v) is 2.52. The second-order valence-corrected chi connectivity index (χ2v) is 5.49. The molecule has 1 unspecified atom stereocenters. The quantitative estimate of drug-likeness (QED) is 0.898. The summed E-state index contributed by atoms with van der Waals surface area (Å²) in [6.45, 7) is 3.09. The average molecular weight is 290 g/mol. The Labute approximate surface area is 125 Å². The summed E-state index contributed by atoms with van der Waals surface area (Å²) in [6, 6.07) is 16.2. The second-order valence-electron chi connectivity index (χ2n) is 5.09. The van der Waals surface area contributed by atoms with Crippen molar-refractivity contribution in [3.63, 3.8) is 0 Å².